The summed E-state index contributed by atoms with van der Waals surface area (Å²) < 4.78 is 15.3. The van der Waals surface area contributed by atoms with Gasteiger partial charge in [-0.3, -0.25) is 4.40 Å². The largest absolute Gasteiger partial charge is 0.490 e. The highest BCUT2D eigenvalue weighted by atomic mass is 32.1. The fraction of sp³-hybridized carbons (Fsp3) is 0.200. The molecular formula is C20H18N6O2S. The van der Waals surface area contributed by atoms with Crippen LogP contribution < -0.4 is 9.47 Å². The zero-order valence-electron chi connectivity index (χ0n) is 15.9. The molecule has 146 valence electrons. The van der Waals surface area contributed by atoms with Crippen molar-refractivity contribution in [2.24, 2.45) is 0 Å². The van der Waals surface area contributed by atoms with Gasteiger partial charge in [-0.2, -0.15) is 9.61 Å². The van der Waals surface area contributed by atoms with E-state index < -0.39 is 0 Å². The highest BCUT2D eigenvalue weighted by molar-refractivity contribution is 7.16. The molecule has 5 aromatic rings. The topological polar surface area (TPSA) is 78.8 Å². The molecular weight excluding hydrogens is 388 g/mol. The minimum atomic E-state index is 0.323. The van der Waals surface area contributed by atoms with Crippen LogP contribution in [0.5, 0.6) is 11.5 Å². The molecule has 0 spiro atoms. The van der Waals surface area contributed by atoms with Crippen LogP contribution in [0.15, 0.2) is 48.7 Å². The van der Waals surface area contributed by atoms with Crippen LogP contribution in [-0.2, 0) is 6.61 Å². The van der Waals surface area contributed by atoms with Gasteiger partial charge in [0, 0.05) is 6.20 Å². The van der Waals surface area contributed by atoms with Crippen LogP contribution in [0, 0.1) is 6.92 Å². The molecule has 0 saturated carbocycles. The van der Waals surface area contributed by atoms with Gasteiger partial charge in [-0.15, -0.1) is 10.2 Å². The number of aromatic nitrogens is 6. The standard InChI is InChI=1S/C20H18N6O2S/c1-3-27-14-8-4-5-9-15(14)28-12-17-24-26-19(22-23-20(26)29-17)18-13(2)21-16-10-6-7-11-25(16)18/h4-11H,3,12H2,1-2H3. The van der Waals surface area contributed by atoms with Crippen LogP contribution in [-0.4, -0.2) is 35.8 Å². The first-order valence-corrected chi connectivity index (χ1v) is 10.1. The minimum absolute atomic E-state index is 0.323. The average Bonchev–Trinajstić information content (AvgIpc) is 3.39. The van der Waals surface area contributed by atoms with Crippen molar-refractivity contribution in [1.29, 1.82) is 0 Å². The molecule has 0 bridgehead atoms. The molecule has 8 nitrogen and oxygen atoms in total. The van der Waals surface area contributed by atoms with Gasteiger partial charge in [0.1, 0.15) is 17.9 Å². The van der Waals surface area contributed by atoms with Crippen molar-refractivity contribution in [3.63, 3.8) is 0 Å². The lowest BCUT2D eigenvalue weighted by Gasteiger charge is -2.10. The lowest BCUT2D eigenvalue weighted by atomic mass is 10.3. The number of para-hydroxylation sites is 2. The van der Waals surface area contributed by atoms with E-state index in [0.717, 1.165) is 27.8 Å². The highest BCUT2D eigenvalue weighted by Gasteiger charge is 2.19. The second-order valence-electron chi connectivity index (χ2n) is 6.36. The molecule has 4 aromatic heterocycles. The van der Waals surface area contributed by atoms with Crippen LogP contribution in [0.1, 0.15) is 17.6 Å². The highest BCUT2D eigenvalue weighted by Crippen LogP contribution is 2.29. The van der Waals surface area contributed by atoms with E-state index in [1.54, 1.807) is 4.52 Å². The van der Waals surface area contributed by atoms with E-state index in [9.17, 15) is 0 Å². The summed E-state index contributed by atoms with van der Waals surface area (Å²) in [5, 5.41) is 14.1. The molecule has 0 N–H and O–H groups in total. The number of aryl methyl sites for hydroxylation is 1. The first-order chi connectivity index (χ1) is 14.2. The van der Waals surface area contributed by atoms with Gasteiger partial charge in [-0.25, -0.2) is 4.98 Å². The number of hydrogen-bond donors (Lipinski definition) is 0. The second-order valence-corrected chi connectivity index (χ2v) is 7.40. The maximum atomic E-state index is 5.94. The second kappa shape index (κ2) is 7.17. The van der Waals surface area contributed by atoms with Crippen LogP contribution >= 0.6 is 11.3 Å². The summed E-state index contributed by atoms with van der Waals surface area (Å²) >= 11 is 1.45. The van der Waals surface area contributed by atoms with E-state index >= 15 is 0 Å². The van der Waals surface area contributed by atoms with E-state index in [-0.39, 0.29) is 0 Å². The minimum Gasteiger partial charge on any atom is -0.490 e. The predicted octanol–water partition coefficient (Wildman–Crippen LogP) is 3.79. The van der Waals surface area contributed by atoms with Crippen molar-refractivity contribution in [3.05, 3.63) is 59.4 Å². The summed E-state index contributed by atoms with van der Waals surface area (Å²) in [5.74, 6) is 2.08. The zero-order valence-corrected chi connectivity index (χ0v) is 16.8. The zero-order chi connectivity index (χ0) is 19.8. The Kier molecular flexibility index (Phi) is 4.36. The molecule has 5 rings (SSSR count). The van der Waals surface area contributed by atoms with Gasteiger partial charge in [-0.1, -0.05) is 29.5 Å². The Hall–Kier alpha value is -3.46. The third kappa shape index (κ3) is 3.09. The Balaban J connectivity index is 1.47. The number of hydrogen-bond acceptors (Lipinski definition) is 7. The molecule has 4 heterocycles. The molecule has 0 atom stereocenters. The smallest absolute Gasteiger partial charge is 0.235 e. The van der Waals surface area contributed by atoms with E-state index in [1.165, 1.54) is 11.3 Å². The molecule has 0 unspecified atom stereocenters. The third-order valence-electron chi connectivity index (χ3n) is 4.45. The Morgan fingerprint density at radius 1 is 1.00 bits per heavy atom. The van der Waals surface area contributed by atoms with Gasteiger partial charge in [0.25, 0.3) is 0 Å². The molecule has 1 aromatic carbocycles. The van der Waals surface area contributed by atoms with Crippen LogP contribution in [0.2, 0.25) is 0 Å². The van der Waals surface area contributed by atoms with Crippen molar-refractivity contribution in [2.45, 2.75) is 20.5 Å². The number of fused-ring (bicyclic) bond motifs is 2. The van der Waals surface area contributed by atoms with E-state index in [4.69, 9.17) is 9.47 Å². The van der Waals surface area contributed by atoms with Gasteiger partial charge in [0.05, 0.1) is 12.3 Å². The van der Waals surface area contributed by atoms with Crippen molar-refractivity contribution < 1.29 is 9.47 Å². The maximum absolute atomic E-state index is 5.94. The number of rotatable bonds is 6. The fourth-order valence-corrected chi connectivity index (χ4v) is 3.98. The molecule has 0 aliphatic heterocycles. The lowest BCUT2D eigenvalue weighted by Crippen LogP contribution is -2.01. The number of imidazole rings is 1. The summed E-state index contributed by atoms with van der Waals surface area (Å²) in [7, 11) is 0. The van der Waals surface area contributed by atoms with Crippen molar-refractivity contribution >= 4 is 21.9 Å². The number of nitrogens with zero attached hydrogens (tertiary/aromatic N) is 6. The van der Waals surface area contributed by atoms with Gasteiger partial charge in [-0.05, 0) is 38.1 Å². The van der Waals surface area contributed by atoms with Crippen LogP contribution in [0.4, 0.5) is 0 Å². The molecule has 0 aliphatic carbocycles. The van der Waals surface area contributed by atoms with Gasteiger partial charge in [0.2, 0.25) is 10.8 Å². The van der Waals surface area contributed by atoms with E-state index in [0.29, 0.717) is 29.7 Å². The molecule has 9 heteroatoms. The van der Waals surface area contributed by atoms with Crippen molar-refractivity contribution in [2.75, 3.05) is 6.61 Å². The maximum Gasteiger partial charge on any atom is 0.235 e. The van der Waals surface area contributed by atoms with Crippen molar-refractivity contribution in [1.82, 2.24) is 29.2 Å². The van der Waals surface area contributed by atoms with E-state index in [2.05, 4.69) is 20.3 Å². The summed E-state index contributed by atoms with van der Waals surface area (Å²) in [6.45, 7) is 4.82. The summed E-state index contributed by atoms with van der Waals surface area (Å²) in [6, 6.07) is 13.5. The lowest BCUT2D eigenvalue weighted by molar-refractivity contribution is 0.268. The first-order valence-electron chi connectivity index (χ1n) is 9.24. The monoisotopic (exact) mass is 406 g/mol. The number of pyridine rings is 1. The van der Waals surface area contributed by atoms with Crippen LogP contribution in [0.3, 0.4) is 0 Å². The van der Waals surface area contributed by atoms with Crippen molar-refractivity contribution in [3.8, 4) is 23.0 Å². The third-order valence-corrected chi connectivity index (χ3v) is 5.32. The molecule has 0 radical (unpaired) electrons. The average molecular weight is 406 g/mol. The number of benzene rings is 1. The molecule has 0 aliphatic rings. The first kappa shape index (κ1) is 17.6. The number of ether oxygens (including phenoxy) is 2. The summed E-state index contributed by atoms with van der Waals surface area (Å²) in [6.07, 6.45) is 1.97. The Labute approximate surface area is 170 Å². The Bertz CT molecular complexity index is 1310. The molecule has 29 heavy (non-hydrogen) atoms. The fourth-order valence-electron chi connectivity index (χ4n) is 3.23. The normalized spacial score (nSPS) is 11.4. The summed E-state index contributed by atoms with van der Waals surface area (Å²) in [5.41, 5.74) is 2.62. The predicted molar refractivity (Wildman–Crippen MR) is 110 cm³/mol. The Morgan fingerprint density at radius 2 is 1.79 bits per heavy atom. The van der Waals surface area contributed by atoms with Gasteiger partial charge >= 0.3 is 0 Å². The molecule has 0 fully saturated rings. The molecule has 0 saturated heterocycles. The van der Waals surface area contributed by atoms with Crippen LogP contribution in [0.25, 0.3) is 22.1 Å². The van der Waals surface area contributed by atoms with E-state index in [1.807, 2.05) is 66.9 Å². The molecule has 0 amide bonds. The van der Waals surface area contributed by atoms with Gasteiger partial charge < -0.3 is 9.47 Å². The van der Waals surface area contributed by atoms with Gasteiger partial charge in [0.15, 0.2) is 16.5 Å². The summed E-state index contributed by atoms with van der Waals surface area (Å²) in [4.78, 5) is 5.31. The Morgan fingerprint density at radius 3 is 2.62 bits per heavy atom. The quantitative estimate of drug-likeness (QED) is 0.427. The SMILES string of the molecule is CCOc1ccccc1OCc1nn2c(-c3c(C)nc4ccccn34)nnc2s1.